The molecule has 0 fully saturated rings. The molecule has 1 amide bonds. The molecule has 0 radical (unpaired) electrons. The number of carbonyl (C=O) groups is 1. The number of hydrogen-bond acceptors (Lipinski definition) is 7. The van der Waals surface area contributed by atoms with Crippen molar-refractivity contribution in [3.63, 3.8) is 0 Å². The first-order valence-electron chi connectivity index (χ1n) is 7.09. The molecule has 2 heterocycles. The van der Waals surface area contributed by atoms with Crippen LogP contribution in [0.25, 0.3) is 11.4 Å². The first-order chi connectivity index (χ1) is 11.2. The van der Waals surface area contributed by atoms with Gasteiger partial charge in [-0.05, 0) is 22.1 Å². The van der Waals surface area contributed by atoms with Gasteiger partial charge in [-0.2, -0.15) is 4.80 Å². The Labute approximate surface area is 131 Å². The van der Waals surface area contributed by atoms with Gasteiger partial charge >= 0.3 is 0 Å². The van der Waals surface area contributed by atoms with E-state index in [0.717, 1.165) is 5.56 Å². The van der Waals surface area contributed by atoms with E-state index in [0.29, 0.717) is 31.0 Å². The number of rotatable bonds is 7. The van der Waals surface area contributed by atoms with Gasteiger partial charge in [-0.1, -0.05) is 30.3 Å². The van der Waals surface area contributed by atoms with Crippen LogP contribution >= 0.6 is 0 Å². The molecule has 2 aromatic heterocycles. The predicted molar refractivity (Wildman–Crippen MR) is 78.6 cm³/mol. The number of nitrogens with two attached hydrogens (primary N) is 1. The number of aromatic nitrogens is 8. The van der Waals surface area contributed by atoms with Crippen LogP contribution in [0, 0.1) is 0 Å². The number of carbonyl (C=O) groups excluding carboxylic acids is 1. The Bertz CT molecular complexity index is 780. The van der Waals surface area contributed by atoms with Crippen LogP contribution in [0.4, 0.5) is 0 Å². The Morgan fingerprint density at radius 1 is 1.13 bits per heavy atom. The van der Waals surface area contributed by atoms with Crippen molar-refractivity contribution in [1.82, 2.24) is 40.4 Å². The molecule has 3 aromatic rings. The maximum absolute atomic E-state index is 10.9. The van der Waals surface area contributed by atoms with E-state index in [-0.39, 0.29) is 6.54 Å². The lowest BCUT2D eigenvalue weighted by Gasteiger charge is -2.01. The summed E-state index contributed by atoms with van der Waals surface area (Å²) in [6, 6.07) is 9.64. The smallest absolute Gasteiger partial charge is 0.239 e. The third-order valence-corrected chi connectivity index (χ3v) is 3.15. The van der Waals surface area contributed by atoms with Gasteiger partial charge in [-0.25, -0.2) is 4.68 Å². The Kier molecular flexibility index (Phi) is 4.32. The van der Waals surface area contributed by atoms with Crippen molar-refractivity contribution >= 4 is 5.91 Å². The van der Waals surface area contributed by atoms with E-state index < -0.39 is 5.91 Å². The van der Waals surface area contributed by atoms with Crippen molar-refractivity contribution < 1.29 is 4.79 Å². The van der Waals surface area contributed by atoms with Gasteiger partial charge in [-0.3, -0.25) is 4.79 Å². The zero-order chi connectivity index (χ0) is 16.1. The van der Waals surface area contributed by atoms with Gasteiger partial charge in [0.1, 0.15) is 6.54 Å². The average Bonchev–Trinajstić information content (AvgIpc) is 3.18. The maximum Gasteiger partial charge on any atom is 0.239 e. The molecule has 10 heteroatoms. The zero-order valence-corrected chi connectivity index (χ0v) is 12.3. The second-order valence-corrected chi connectivity index (χ2v) is 4.90. The number of nitrogens with zero attached hydrogens (tertiary/aromatic N) is 8. The average molecular weight is 313 g/mol. The summed E-state index contributed by atoms with van der Waals surface area (Å²) in [6.45, 7) is 0.547. The van der Waals surface area contributed by atoms with Gasteiger partial charge in [0.05, 0.1) is 6.54 Å². The molecule has 0 atom stereocenters. The first kappa shape index (κ1) is 14.8. The first-order valence-corrected chi connectivity index (χ1v) is 7.09. The monoisotopic (exact) mass is 313 g/mol. The molecule has 10 nitrogen and oxygen atoms in total. The Balaban J connectivity index is 1.57. The number of aryl methyl sites for hydroxylation is 2. The number of amides is 1. The summed E-state index contributed by atoms with van der Waals surface area (Å²) < 4.78 is 1.40. The molecule has 0 unspecified atom stereocenters. The molecule has 0 bridgehead atoms. The molecule has 0 aliphatic carbocycles. The largest absolute Gasteiger partial charge is 0.368 e. The number of benzene rings is 1. The van der Waals surface area contributed by atoms with Gasteiger partial charge in [0.25, 0.3) is 0 Å². The lowest BCUT2D eigenvalue weighted by atomic mass is 10.2. The van der Waals surface area contributed by atoms with Gasteiger partial charge < -0.3 is 5.73 Å². The fourth-order valence-electron chi connectivity index (χ4n) is 2.09. The molecule has 0 aliphatic heterocycles. The highest BCUT2D eigenvalue weighted by Crippen LogP contribution is 2.11. The van der Waals surface area contributed by atoms with E-state index in [1.165, 1.54) is 9.48 Å². The van der Waals surface area contributed by atoms with Crippen molar-refractivity contribution in [2.24, 2.45) is 5.73 Å². The van der Waals surface area contributed by atoms with E-state index in [1.54, 1.807) is 0 Å². The molecule has 118 valence electrons. The van der Waals surface area contributed by atoms with E-state index in [9.17, 15) is 4.79 Å². The SMILES string of the molecule is NC(=O)Cn1nnnc1CCCn1nnc(-c2ccccc2)n1. The van der Waals surface area contributed by atoms with Crippen LogP contribution in [0.2, 0.25) is 0 Å². The summed E-state index contributed by atoms with van der Waals surface area (Å²) in [7, 11) is 0. The van der Waals surface area contributed by atoms with Crippen LogP contribution in [0.3, 0.4) is 0 Å². The van der Waals surface area contributed by atoms with Crippen molar-refractivity contribution in [3.05, 3.63) is 36.2 Å². The van der Waals surface area contributed by atoms with Crippen LogP contribution in [-0.2, 0) is 24.3 Å². The number of hydrogen-bond donors (Lipinski definition) is 1. The highest BCUT2D eigenvalue weighted by Gasteiger charge is 2.09. The standard InChI is InChI=1S/C13H15N9O/c14-11(23)9-21-12(15-18-20-21)7-4-8-22-17-13(16-19-22)10-5-2-1-3-6-10/h1-3,5-6H,4,7-9H2,(H2,14,23). The fraction of sp³-hybridized carbons (Fsp3) is 0.308. The minimum absolute atomic E-state index is 0.0257. The van der Waals surface area contributed by atoms with Crippen LogP contribution in [0.15, 0.2) is 30.3 Å². The van der Waals surface area contributed by atoms with E-state index in [2.05, 4.69) is 30.9 Å². The molecule has 0 saturated carbocycles. The third kappa shape index (κ3) is 3.73. The maximum atomic E-state index is 10.9. The summed E-state index contributed by atoms with van der Waals surface area (Å²) in [5.41, 5.74) is 6.06. The second-order valence-electron chi connectivity index (χ2n) is 4.90. The Hall–Kier alpha value is -3.17. The molecule has 0 spiro atoms. The van der Waals surface area contributed by atoms with Crippen molar-refractivity contribution in [2.75, 3.05) is 0 Å². The van der Waals surface area contributed by atoms with Crippen molar-refractivity contribution in [3.8, 4) is 11.4 Å². The predicted octanol–water partition coefficient (Wildman–Crippen LogP) is -0.555. The summed E-state index contributed by atoms with van der Waals surface area (Å²) in [4.78, 5) is 12.5. The van der Waals surface area contributed by atoms with E-state index >= 15 is 0 Å². The normalized spacial score (nSPS) is 10.8. The fourth-order valence-corrected chi connectivity index (χ4v) is 2.09. The minimum Gasteiger partial charge on any atom is -0.368 e. The van der Waals surface area contributed by atoms with Gasteiger partial charge in [0, 0.05) is 12.0 Å². The molecular weight excluding hydrogens is 298 g/mol. The number of primary amides is 1. The zero-order valence-electron chi connectivity index (χ0n) is 12.3. The molecular formula is C13H15N9O. The number of tetrazole rings is 2. The van der Waals surface area contributed by atoms with Crippen LogP contribution in [0.1, 0.15) is 12.2 Å². The summed E-state index contributed by atoms with van der Waals surface area (Å²) in [5.74, 6) is 0.709. The van der Waals surface area contributed by atoms with Gasteiger partial charge in [0.2, 0.25) is 11.7 Å². The molecule has 3 rings (SSSR count). The highest BCUT2D eigenvalue weighted by molar-refractivity contribution is 5.73. The second kappa shape index (κ2) is 6.73. The van der Waals surface area contributed by atoms with Crippen molar-refractivity contribution in [2.45, 2.75) is 25.9 Å². The molecule has 2 N–H and O–H groups in total. The molecule has 23 heavy (non-hydrogen) atoms. The highest BCUT2D eigenvalue weighted by atomic mass is 16.1. The van der Waals surface area contributed by atoms with Crippen LogP contribution < -0.4 is 5.73 Å². The topological polar surface area (TPSA) is 130 Å². The van der Waals surface area contributed by atoms with Crippen LogP contribution in [-0.4, -0.2) is 46.3 Å². The van der Waals surface area contributed by atoms with Crippen LogP contribution in [0.5, 0.6) is 0 Å². The lowest BCUT2D eigenvalue weighted by Crippen LogP contribution is -2.21. The summed E-state index contributed by atoms with van der Waals surface area (Å²) in [6.07, 6.45) is 1.30. The van der Waals surface area contributed by atoms with Crippen molar-refractivity contribution in [1.29, 1.82) is 0 Å². The minimum atomic E-state index is -0.482. The Morgan fingerprint density at radius 3 is 2.74 bits per heavy atom. The Morgan fingerprint density at radius 2 is 1.96 bits per heavy atom. The molecule has 0 aliphatic rings. The quantitative estimate of drug-likeness (QED) is 0.619. The van der Waals surface area contributed by atoms with E-state index in [4.69, 9.17) is 5.73 Å². The summed E-state index contributed by atoms with van der Waals surface area (Å²) >= 11 is 0. The van der Waals surface area contributed by atoms with Gasteiger partial charge in [-0.15, -0.1) is 15.3 Å². The van der Waals surface area contributed by atoms with Gasteiger partial charge in [0.15, 0.2) is 5.82 Å². The summed E-state index contributed by atoms with van der Waals surface area (Å²) in [5, 5.41) is 23.6. The lowest BCUT2D eigenvalue weighted by molar-refractivity contribution is -0.118. The molecule has 0 saturated heterocycles. The molecule has 1 aromatic carbocycles. The van der Waals surface area contributed by atoms with E-state index in [1.807, 2.05) is 30.3 Å². The third-order valence-electron chi connectivity index (χ3n) is 3.15.